The van der Waals surface area contributed by atoms with Crippen LogP contribution in [0.25, 0.3) is 0 Å². The molecule has 0 fully saturated rings. The molecule has 2 aromatic rings. The fraction of sp³-hybridized carbons (Fsp3) is 0.188. The number of hydrogen-bond acceptors (Lipinski definition) is 3. The van der Waals surface area contributed by atoms with Crippen molar-refractivity contribution in [3.63, 3.8) is 0 Å². The largest absolute Gasteiger partial charge is 0.385 e. The molecular weight excluding hydrogens is 333 g/mol. The summed E-state index contributed by atoms with van der Waals surface area (Å²) in [6, 6.07) is 11.1. The number of nitrogens with zero attached hydrogens (tertiary/aromatic N) is 1. The Morgan fingerprint density at radius 2 is 2.14 bits per heavy atom. The van der Waals surface area contributed by atoms with E-state index in [0.29, 0.717) is 5.69 Å². The SMILES string of the molecule is N#Cc1ccc(Nc2ccc3c(c2)CCCN3)c(F)c1Br. The van der Waals surface area contributed by atoms with E-state index in [1.54, 1.807) is 12.1 Å². The molecule has 21 heavy (non-hydrogen) atoms. The zero-order valence-electron chi connectivity index (χ0n) is 11.2. The van der Waals surface area contributed by atoms with Crippen LogP contribution < -0.4 is 10.6 Å². The van der Waals surface area contributed by atoms with Gasteiger partial charge in [0.2, 0.25) is 0 Å². The molecule has 1 aliphatic rings. The third-order valence-corrected chi connectivity index (χ3v) is 4.30. The minimum atomic E-state index is -0.454. The molecule has 3 rings (SSSR count). The molecule has 2 N–H and O–H groups in total. The Labute approximate surface area is 130 Å². The standard InChI is InChI=1S/C16H13BrFN3/c17-15-11(9-19)3-5-14(16(15)18)21-12-4-6-13-10(8-12)2-1-7-20-13/h3-6,8,20-21H,1-2,7H2. The van der Waals surface area contributed by atoms with Crippen molar-refractivity contribution in [1.29, 1.82) is 5.26 Å². The van der Waals surface area contributed by atoms with Crippen molar-refractivity contribution in [3.05, 3.63) is 51.7 Å². The first-order valence-corrected chi connectivity index (χ1v) is 7.50. The average molecular weight is 346 g/mol. The number of anilines is 3. The van der Waals surface area contributed by atoms with E-state index in [9.17, 15) is 4.39 Å². The predicted octanol–water partition coefficient (Wildman–Crippen LogP) is 4.56. The summed E-state index contributed by atoms with van der Waals surface area (Å²) in [5.41, 5.74) is 3.86. The Balaban J connectivity index is 1.91. The summed E-state index contributed by atoms with van der Waals surface area (Å²) in [6.45, 7) is 0.997. The Bertz CT molecular complexity index is 737. The van der Waals surface area contributed by atoms with Crippen LogP contribution in [0.3, 0.4) is 0 Å². The summed E-state index contributed by atoms with van der Waals surface area (Å²) in [7, 11) is 0. The zero-order chi connectivity index (χ0) is 14.8. The highest BCUT2D eigenvalue weighted by atomic mass is 79.9. The lowest BCUT2D eigenvalue weighted by atomic mass is 10.0. The topological polar surface area (TPSA) is 47.9 Å². The lowest BCUT2D eigenvalue weighted by molar-refractivity contribution is 0.624. The van der Waals surface area contributed by atoms with Gasteiger partial charge < -0.3 is 10.6 Å². The molecule has 0 spiro atoms. The fourth-order valence-corrected chi connectivity index (χ4v) is 2.87. The van der Waals surface area contributed by atoms with Gasteiger partial charge in [0.15, 0.2) is 5.82 Å². The predicted molar refractivity (Wildman–Crippen MR) is 85.4 cm³/mol. The Morgan fingerprint density at radius 1 is 1.29 bits per heavy atom. The molecule has 106 valence electrons. The molecule has 5 heteroatoms. The number of aryl methyl sites for hydroxylation is 1. The second kappa shape index (κ2) is 5.74. The Morgan fingerprint density at radius 3 is 2.95 bits per heavy atom. The first kappa shape index (κ1) is 13.9. The van der Waals surface area contributed by atoms with Crippen LogP contribution in [0.1, 0.15) is 17.5 Å². The lowest BCUT2D eigenvalue weighted by Gasteiger charge is -2.19. The first-order chi connectivity index (χ1) is 10.2. The summed E-state index contributed by atoms with van der Waals surface area (Å²) in [4.78, 5) is 0. The molecule has 0 bridgehead atoms. The summed E-state index contributed by atoms with van der Waals surface area (Å²) in [5, 5.41) is 15.3. The van der Waals surface area contributed by atoms with Gasteiger partial charge >= 0.3 is 0 Å². The Kier molecular flexibility index (Phi) is 3.80. The minimum Gasteiger partial charge on any atom is -0.385 e. The van der Waals surface area contributed by atoms with Crippen LogP contribution in [0, 0.1) is 17.1 Å². The smallest absolute Gasteiger partial charge is 0.162 e. The normalized spacial score (nSPS) is 13.0. The number of halogens is 2. The van der Waals surface area contributed by atoms with Gasteiger partial charge in [-0.3, -0.25) is 0 Å². The van der Waals surface area contributed by atoms with E-state index in [0.717, 1.165) is 30.8 Å². The molecule has 0 unspecified atom stereocenters. The maximum absolute atomic E-state index is 14.2. The highest BCUT2D eigenvalue weighted by Gasteiger charge is 2.13. The van der Waals surface area contributed by atoms with Gasteiger partial charge in [-0.05, 0) is 64.7 Å². The number of nitrogens with one attached hydrogen (secondary N) is 2. The van der Waals surface area contributed by atoms with Gasteiger partial charge in [0, 0.05) is 17.9 Å². The molecule has 0 saturated carbocycles. The van der Waals surface area contributed by atoms with Crippen molar-refractivity contribution in [3.8, 4) is 6.07 Å². The lowest BCUT2D eigenvalue weighted by Crippen LogP contribution is -2.11. The van der Waals surface area contributed by atoms with Crippen LogP contribution in [-0.4, -0.2) is 6.54 Å². The maximum Gasteiger partial charge on any atom is 0.162 e. The minimum absolute atomic E-state index is 0.189. The number of hydrogen-bond donors (Lipinski definition) is 2. The highest BCUT2D eigenvalue weighted by Crippen LogP contribution is 2.31. The molecule has 0 amide bonds. The van der Waals surface area contributed by atoms with Crippen molar-refractivity contribution < 1.29 is 4.39 Å². The van der Waals surface area contributed by atoms with Gasteiger partial charge in [-0.2, -0.15) is 5.26 Å². The van der Waals surface area contributed by atoms with Crippen molar-refractivity contribution in [2.24, 2.45) is 0 Å². The van der Waals surface area contributed by atoms with Crippen LogP contribution in [0.5, 0.6) is 0 Å². The summed E-state index contributed by atoms with van der Waals surface area (Å²) < 4.78 is 14.4. The van der Waals surface area contributed by atoms with Crippen molar-refractivity contribution in [2.45, 2.75) is 12.8 Å². The van der Waals surface area contributed by atoms with Crippen LogP contribution in [0.4, 0.5) is 21.5 Å². The van der Waals surface area contributed by atoms with E-state index in [1.165, 1.54) is 5.56 Å². The third kappa shape index (κ3) is 2.72. The second-order valence-corrected chi connectivity index (χ2v) is 5.72. The van der Waals surface area contributed by atoms with Gasteiger partial charge in [-0.25, -0.2) is 4.39 Å². The molecule has 2 aromatic carbocycles. The molecule has 0 aliphatic carbocycles. The highest BCUT2D eigenvalue weighted by molar-refractivity contribution is 9.10. The van der Waals surface area contributed by atoms with E-state index >= 15 is 0 Å². The van der Waals surface area contributed by atoms with E-state index in [1.807, 2.05) is 24.3 Å². The van der Waals surface area contributed by atoms with Gasteiger partial charge in [-0.15, -0.1) is 0 Å². The molecule has 0 saturated heterocycles. The second-order valence-electron chi connectivity index (χ2n) is 4.93. The van der Waals surface area contributed by atoms with E-state index < -0.39 is 5.82 Å². The molecule has 0 aromatic heterocycles. The van der Waals surface area contributed by atoms with E-state index in [2.05, 4.69) is 26.6 Å². The van der Waals surface area contributed by atoms with E-state index in [4.69, 9.17) is 5.26 Å². The molecule has 0 atom stereocenters. The molecule has 1 aliphatic heterocycles. The Hall–Kier alpha value is -2.06. The van der Waals surface area contributed by atoms with Gasteiger partial charge in [-0.1, -0.05) is 0 Å². The monoisotopic (exact) mass is 345 g/mol. The fourth-order valence-electron chi connectivity index (χ4n) is 2.44. The van der Waals surface area contributed by atoms with Gasteiger partial charge in [0.25, 0.3) is 0 Å². The van der Waals surface area contributed by atoms with Crippen molar-refractivity contribution in [1.82, 2.24) is 0 Å². The van der Waals surface area contributed by atoms with Crippen LogP contribution in [0.2, 0.25) is 0 Å². The number of nitriles is 1. The van der Waals surface area contributed by atoms with E-state index in [-0.39, 0.29) is 10.0 Å². The maximum atomic E-state index is 14.2. The van der Waals surface area contributed by atoms with Crippen molar-refractivity contribution in [2.75, 3.05) is 17.2 Å². The summed E-state index contributed by atoms with van der Waals surface area (Å²) in [5.74, 6) is -0.454. The quantitative estimate of drug-likeness (QED) is 0.838. The van der Waals surface area contributed by atoms with Crippen molar-refractivity contribution >= 4 is 33.0 Å². The molecule has 1 heterocycles. The molecule has 3 nitrogen and oxygen atoms in total. The summed E-state index contributed by atoms with van der Waals surface area (Å²) >= 11 is 3.12. The number of benzene rings is 2. The molecular formula is C16H13BrFN3. The van der Waals surface area contributed by atoms with Gasteiger partial charge in [0.05, 0.1) is 15.7 Å². The molecule has 0 radical (unpaired) electrons. The number of rotatable bonds is 2. The first-order valence-electron chi connectivity index (χ1n) is 6.71. The van der Waals surface area contributed by atoms with Crippen LogP contribution in [0.15, 0.2) is 34.8 Å². The van der Waals surface area contributed by atoms with Crippen LogP contribution in [-0.2, 0) is 6.42 Å². The van der Waals surface area contributed by atoms with Gasteiger partial charge in [0.1, 0.15) is 6.07 Å². The number of fused-ring (bicyclic) bond motifs is 1. The average Bonchev–Trinajstić information content (AvgIpc) is 2.52. The third-order valence-electron chi connectivity index (χ3n) is 3.53. The summed E-state index contributed by atoms with van der Waals surface area (Å²) in [6.07, 6.45) is 2.13. The van der Waals surface area contributed by atoms with Crippen LogP contribution >= 0.6 is 15.9 Å². The zero-order valence-corrected chi connectivity index (χ0v) is 12.8.